The van der Waals surface area contributed by atoms with Gasteiger partial charge >= 0.3 is 6.18 Å². The monoisotopic (exact) mass is 541 g/mol. The second-order valence-corrected chi connectivity index (χ2v) is 10.7. The topological polar surface area (TPSA) is 70.7 Å². The summed E-state index contributed by atoms with van der Waals surface area (Å²) in [5.74, 6) is -0.353. The number of methoxy groups -OCH3 is 1. The van der Waals surface area contributed by atoms with Crippen LogP contribution in [0.3, 0.4) is 0 Å². The number of hydrogen-bond donors (Lipinski definition) is 2. The first-order valence-corrected chi connectivity index (χ1v) is 13.6. The Bertz CT molecular complexity index is 1210. The maximum Gasteiger partial charge on any atom is 0.416 e. The summed E-state index contributed by atoms with van der Waals surface area (Å²) in [6, 6.07) is 12.6. The van der Waals surface area contributed by atoms with Gasteiger partial charge in [0.05, 0.1) is 30.2 Å². The van der Waals surface area contributed by atoms with Gasteiger partial charge in [0, 0.05) is 37.4 Å². The molecule has 1 saturated heterocycles. The number of likely N-dealkylation sites (tertiary alicyclic amines) is 1. The van der Waals surface area contributed by atoms with Crippen molar-refractivity contribution in [2.24, 2.45) is 11.8 Å². The zero-order valence-corrected chi connectivity index (χ0v) is 21.9. The van der Waals surface area contributed by atoms with Crippen molar-refractivity contribution in [3.63, 3.8) is 0 Å². The number of halogens is 3. The van der Waals surface area contributed by atoms with Crippen LogP contribution in [0.15, 0.2) is 54.6 Å². The molecule has 0 bridgehead atoms. The van der Waals surface area contributed by atoms with Crippen LogP contribution in [0.1, 0.15) is 54.8 Å². The Hall–Kier alpha value is -3.33. The molecule has 2 N–H and O–H groups in total. The number of anilines is 1. The molecule has 0 aromatic heterocycles. The van der Waals surface area contributed by atoms with Crippen molar-refractivity contribution < 1.29 is 27.5 Å². The molecule has 3 aliphatic rings. The minimum Gasteiger partial charge on any atom is -0.383 e. The van der Waals surface area contributed by atoms with Crippen LogP contribution < -0.4 is 10.6 Å². The Balaban J connectivity index is 1.29. The third-order valence-corrected chi connectivity index (χ3v) is 8.29. The smallest absolute Gasteiger partial charge is 0.383 e. The lowest BCUT2D eigenvalue weighted by molar-refractivity contribution is -0.139. The number of hydrogen-bond acceptors (Lipinski definition) is 4. The van der Waals surface area contributed by atoms with E-state index in [9.17, 15) is 22.8 Å². The van der Waals surface area contributed by atoms with E-state index in [0.29, 0.717) is 31.6 Å². The number of benzene rings is 2. The fraction of sp³-hybridized carbons (Fsp3) is 0.467. The van der Waals surface area contributed by atoms with Crippen LogP contribution in [-0.4, -0.2) is 49.1 Å². The lowest BCUT2D eigenvalue weighted by atomic mass is 9.81. The maximum absolute atomic E-state index is 14.0. The summed E-state index contributed by atoms with van der Waals surface area (Å²) in [5.41, 5.74) is 1.91. The Morgan fingerprint density at radius 1 is 1.08 bits per heavy atom. The van der Waals surface area contributed by atoms with Gasteiger partial charge in [0.1, 0.15) is 0 Å². The lowest BCUT2D eigenvalue weighted by Crippen LogP contribution is -2.50. The quantitative estimate of drug-likeness (QED) is 0.479. The molecular weight excluding hydrogens is 507 g/mol. The fourth-order valence-electron chi connectivity index (χ4n) is 6.42. The van der Waals surface area contributed by atoms with Gasteiger partial charge < -0.3 is 20.3 Å². The molecule has 0 unspecified atom stereocenters. The van der Waals surface area contributed by atoms with E-state index < -0.39 is 11.7 Å². The molecule has 1 saturated carbocycles. The second kappa shape index (κ2) is 11.4. The number of ether oxygens (including phenoxy) is 1. The van der Waals surface area contributed by atoms with E-state index >= 15 is 0 Å². The first kappa shape index (κ1) is 27.2. The van der Waals surface area contributed by atoms with Gasteiger partial charge in [-0.25, -0.2) is 0 Å². The number of fused-ring (bicyclic) bond motifs is 3. The van der Waals surface area contributed by atoms with E-state index in [2.05, 4.69) is 16.7 Å². The van der Waals surface area contributed by atoms with Gasteiger partial charge in [0.15, 0.2) is 0 Å². The summed E-state index contributed by atoms with van der Waals surface area (Å²) in [5, 5.41) is 6.61. The summed E-state index contributed by atoms with van der Waals surface area (Å²) in [4.78, 5) is 28.8. The zero-order chi connectivity index (χ0) is 27.6. The van der Waals surface area contributed by atoms with E-state index in [1.54, 1.807) is 7.11 Å². The highest BCUT2D eigenvalue weighted by atomic mass is 19.4. The number of amides is 2. The second-order valence-electron chi connectivity index (χ2n) is 10.7. The standard InChI is InChI=1S/C30H34F3N3O3/c1-39-18-26-22-16-17-36(28(22)21-6-2-4-8-24(21)34-26)29(38)23-7-3-5-9-25(23)35-27(37)15-12-19-10-13-20(14-11-19)30(31,32)33/h2,4,6,8,10-15,22-23,25-26,28,34H,3,5,7,9,16-18H2,1H3,(H,35,37)/b15-12+/t22-,23+,25-,26+,28+/m1/s1. The molecule has 1 aliphatic carbocycles. The predicted molar refractivity (Wildman–Crippen MR) is 143 cm³/mol. The maximum atomic E-state index is 14.0. The van der Waals surface area contributed by atoms with Crippen molar-refractivity contribution in [2.45, 2.75) is 56.4 Å². The van der Waals surface area contributed by atoms with Crippen molar-refractivity contribution in [1.29, 1.82) is 0 Å². The molecule has 0 radical (unpaired) electrons. The number of carbonyl (C=O) groups is 2. The molecule has 2 aromatic rings. The Labute approximate surface area is 226 Å². The molecule has 39 heavy (non-hydrogen) atoms. The average Bonchev–Trinajstić information content (AvgIpc) is 3.38. The van der Waals surface area contributed by atoms with Gasteiger partial charge in [0.25, 0.3) is 0 Å². The van der Waals surface area contributed by atoms with Gasteiger partial charge in [-0.1, -0.05) is 43.2 Å². The van der Waals surface area contributed by atoms with Gasteiger partial charge in [-0.15, -0.1) is 0 Å². The van der Waals surface area contributed by atoms with Crippen molar-refractivity contribution in [1.82, 2.24) is 10.2 Å². The molecule has 0 spiro atoms. The number of nitrogens with zero attached hydrogens (tertiary/aromatic N) is 1. The summed E-state index contributed by atoms with van der Waals surface area (Å²) >= 11 is 0. The number of para-hydroxylation sites is 1. The Morgan fingerprint density at radius 2 is 1.82 bits per heavy atom. The summed E-state index contributed by atoms with van der Waals surface area (Å²) < 4.78 is 43.9. The molecule has 2 aromatic carbocycles. The Kier molecular flexibility index (Phi) is 7.98. The highest BCUT2D eigenvalue weighted by Crippen LogP contribution is 2.47. The van der Waals surface area contributed by atoms with E-state index in [1.165, 1.54) is 24.3 Å². The first-order valence-electron chi connectivity index (χ1n) is 13.6. The normalized spacial score (nSPS) is 26.6. The van der Waals surface area contributed by atoms with Crippen molar-refractivity contribution >= 4 is 23.6 Å². The SMILES string of the molecule is COC[C@@H]1Nc2ccccc2[C@H]2[C@@H]1CCN2C(=O)[C@H]1CCCC[C@H]1NC(=O)/C=C/c1ccc(C(F)(F)F)cc1. The lowest BCUT2D eigenvalue weighted by Gasteiger charge is -2.41. The van der Waals surface area contributed by atoms with Crippen molar-refractivity contribution in [3.8, 4) is 0 Å². The fourth-order valence-corrected chi connectivity index (χ4v) is 6.42. The minimum atomic E-state index is -4.40. The van der Waals surface area contributed by atoms with Crippen LogP contribution in [0.5, 0.6) is 0 Å². The largest absolute Gasteiger partial charge is 0.416 e. The highest BCUT2D eigenvalue weighted by Gasteiger charge is 2.48. The predicted octanol–water partition coefficient (Wildman–Crippen LogP) is 5.42. The van der Waals surface area contributed by atoms with Crippen LogP contribution in [0.25, 0.3) is 6.08 Å². The Morgan fingerprint density at radius 3 is 2.56 bits per heavy atom. The molecule has 2 amide bonds. The highest BCUT2D eigenvalue weighted by molar-refractivity contribution is 5.92. The minimum absolute atomic E-state index is 0.0343. The molecule has 2 heterocycles. The molecule has 2 fully saturated rings. The van der Waals surface area contributed by atoms with E-state index in [4.69, 9.17) is 4.74 Å². The number of alkyl halides is 3. The summed E-state index contributed by atoms with van der Waals surface area (Å²) in [6.07, 6.45) is 2.56. The van der Waals surface area contributed by atoms with Crippen LogP contribution in [0.2, 0.25) is 0 Å². The summed E-state index contributed by atoms with van der Waals surface area (Å²) in [7, 11) is 1.69. The molecule has 6 nitrogen and oxygen atoms in total. The van der Waals surface area contributed by atoms with Crippen molar-refractivity contribution in [3.05, 3.63) is 71.3 Å². The van der Waals surface area contributed by atoms with Gasteiger partial charge in [-0.2, -0.15) is 13.2 Å². The number of carbonyl (C=O) groups excluding carboxylic acids is 2. The van der Waals surface area contributed by atoms with Crippen molar-refractivity contribution in [2.75, 3.05) is 25.6 Å². The van der Waals surface area contributed by atoms with Gasteiger partial charge in [0.2, 0.25) is 11.8 Å². The van der Waals surface area contributed by atoms with Crippen LogP contribution in [0, 0.1) is 11.8 Å². The summed E-state index contributed by atoms with van der Waals surface area (Å²) in [6.45, 7) is 1.22. The van der Waals surface area contributed by atoms with Gasteiger partial charge in [-0.3, -0.25) is 9.59 Å². The molecule has 5 atom stereocenters. The van der Waals surface area contributed by atoms with E-state index in [-0.39, 0.29) is 41.8 Å². The van der Waals surface area contributed by atoms with Crippen LogP contribution in [0.4, 0.5) is 18.9 Å². The number of nitrogens with one attached hydrogen (secondary N) is 2. The van der Waals surface area contributed by atoms with E-state index in [0.717, 1.165) is 42.6 Å². The molecular formula is C30H34F3N3O3. The molecule has 208 valence electrons. The van der Waals surface area contributed by atoms with E-state index in [1.807, 2.05) is 23.1 Å². The van der Waals surface area contributed by atoms with Gasteiger partial charge in [-0.05, 0) is 54.7 Å². The van der Waals surface area contributed by atoms with Crippen LogP contribution in [-0.2, 0) is 20.5 Å². The average molecular weight is 542 g/mol. The van der Waals surface area contributed by atoms with Crippen LogP contribution >= 0.6 is 0 Å². The first-order chi connectivity index (χ1) is 18.8. The molecule has 9 heteroatoms. The molecule has 5 rings (SSSR count). The molecule has 2 aliphatic heterocycles. The number of rotatable bonds is 6. The zero-order valence-electron chi connectivity index (χ0n) is 21.9. The third kappa shape index (κ3) is 5.83. The third-order valence-electron chi connectivity index (χ3n) is 8.29.